The molecule has 1 heterocycles. The molecule has 0 spiro atoms. The maximum atomic E-state index is 5.32. The van der Waals surface area contributed by atoms with Crippen LogP contribution in [0.15, 0.2) is 182 Å². The highest BCUT2D eigenvalue weighted by molar-refractivity contribution is 6.89. The van der Waals surface area contributed by atoms with E-state index in [1.807, 2.05) is 0 Å². The summed E-state index contributed by atoms with van der Waals surface area (Å²) in [4.78, 5) is 10.6. The van der Waals surface area contributed by atoms with Crippen molar-refractivity contribution in [1.82, 2.24) is 9.97 Å². The smallest absolute Gasteiger partial charge is 0.160 e. The summed E-state index contributed by atoms with van der Waals surface area (Å²) < 4.78 is 0. The van der Waals surface area contributed by atoms with Gasteiger partial charge in [0.15, 0.2) is 5.82 Å². The van der Waals surface area contributed by atoms with E-state index in [2.05, 4.69) is 221 Å². The Morgan fingerprint density at radius 3 is 1.40 bits per heavy atom. The molecule has 0 bridgehead atoms. The average molecular weight is 769 g/mol. The van der Waals surface area contributed by atoms with Crippen molar-refractivity contribution < 1.29 is 0 Å². The predicted octanol–water partition coefficient (Wildman–Crippen LogP) is 12.6. The molecule has 57 heavy (non-hydrogen) atoms. The SMILES string of the molecule is C[Si](C)(C)c1cccc(-c2cc(-c3cccc([Si](C)(C)C)c3)nc(-c3cccc(-c4ccc5c(c4)-c4ccccc4C5(c4ccccc4)c4ccccc4)c3)n2)c1. The molecule has 0 unspecified atom stereocenters. The Balaban J connectivity index is 1.19. The number of nitrogens with zero attached hydrogens (tertiary/aromatic N) is 2. The molecule has 4 heteroatoms. The van der Waals surface area contributed by atoms with E-state index in [1.54, 1.807) is 0 Å². The lowest BCUT2D eigenvalue weighted by Crippen LogP contribution is -2.37. The van der Waals surface area contributed by atoms with Crippen molar-refractivity contribution >= 4 is 26.5 Å². The average Bonchev–Trinajstić information content (AvgIpc) is 3.54. The molecule has 0 atom stereocenters. The summed E-state index contributed by atoms with van der Waals surface area (Å²) in [6, 6.07) is 67.0. The van der Waals surface area contributed by atoms with Gasteiger partial charge in [-0.05, 0) is 62.7 Å². The molecule has 7 aromatic carbocycles. The molecule has 0 radical (unpaired) electrons. The summed E-state index contributed by atoms with van der Waals surface area (Å²) >= 11 is 0. The van der Waals surface area contributed by atoms with Crippen LogP contribution in [0.3, 0.4) is 0 Å². The molecule has 0 N–H and O–H groups in total. The van der Waals surface area contributed by atoms with Gasteiger partial charge in [-0.25, -0.2) is 9.97 Å². The van der Waals surface area contributed by atoms with E-state index >= 15 is 0 Å². The van der Waals surface area contributed by atoms with E-state index in [-0.39, 0.29) is 0 Å². The first-order valence-corrected chi connectivity index (χ1v) is 27.1. The molecule has 1 aliphatic rings. The zero-order valence-electron chi connectivity index (χ0n) is 33.7. The Bertz CT molecular complexity index is 2640. The molecule has 0 amide bonds. The van der Waals surface area contributed by atoms with E-state index in [0.717, 1.165) is 39.5 Å². The van der Waals surface area contributed by atoms with Gasteiger partial charge in [0, 0.05) is 16.7 Å². The lowest BCUT2D eigenvalue weighted by Gasteiger charge is -2.33. The van der Waals surface area contributed by atoms with Crippen LogP contribution in [-0.4, -0.2) is 26.1 Å². The Kier molecular flexibility index (Phi) is 9.15. The number of aromatic nitrogens is 2. The Morgan fingerprint density at radius 2 is 0.825 bits per heavy atom. The van der Waals surface area contributed by atoms with Gasteiger partial charge in [0.1, 0.15) is 0 Å². The van der Waals surface area contributed by atoms with Crippen LogP contribution in [-0.2, 0) is 5.41 Å². The second-order valence-electron chi connectivity index (χ2n) is 17.5. The Labute approximate surface area is 340 Å². The molecular formula is C53H48N2Si2. The van der Waals surface area contributed by atoms with Crippen LogP contribution >= 0.6 is 0 Å². The highest BCUT2D eigenvalue weighted by Gasteiger charge is 2.46. The first kappa shape index (κ1) is 36.7. The van der Waals surface area contributed by atoms with Crippen molar-refractivity contribution in [1.29, 1.82) is 0 Å². The van der Waals surface area contributed by atoms with Crippen LogP contribution in [0.2, 0.25) is 39.3 Å². The van der Waals surface area contributed by atoms with E-state index < -0.39 is 21.6 Å². The van der Waals surface area contributed by atoms with Gasteiger partial charge in [-0.15, -0.1) is 0 Å². The van der Waals surface area contributed by atoms with E-state index in [9.17, 15) is 0 Å². The molecule has 0 saturated heterocycles. The van der Waals surface area contributed by atoms with Crippen molar-refractivity contribution in [3.63, 3.8) is 0 Å². The van der Waals surface area contributed by atoms with Gasteiger partial charge in [0.05, 0.1) is 33.0 Å². The third-order valence-electron chi connectivity index (χ3n) is 11.7. The largest absolute Gasteiger partial charge is 0.228 e. The first-order chi connectivity index (χ1) is 27.5. The predicted molar refractivity (Wildman–Crippen MR) is 247 cm³/mol. The molecule has 8 aromatic rings. The third kappa shape index (κ3) is 6.63. The summed E-state index contributed by atoms with van der Waals surface area (Å²) in [6.07, 6.45) is 0. The third-order valence-corrected chi connectivity index (χ3v) is 15.8. The number of hydrogen-bond donors (Lipinski definition) is 0. The quantitative estimate of drug-likeness (QED) is 0.144. The monoisotopic (exact) mass is 768 g/mol. The molecule has 0 aliphatic heterocycles. The summed E-state index contributed by atoms with van der Waals surface area (Å²) in [5.74, 6) is 0.736. The zero-order chi connectivity index (χ0) is 39.4. The highest BCUT2D eigenvalue weighted by Crippen LogP contribution is 2.56. The zero-order valence-corrected chi connectivity index (χ0v) is 35.7. The van der Waals surface area contributed by atoms with Crippen molar-refractivity contribution in [3.8, 4) is 56.2 Å². The molecule has 0 saturated carbocycles. The summed E-state index contributed by atoms with van der Waals surface area (Å²) in [6.45, 7) is 14.4. The van der Waals surface area contributed by atoms with Crippen LogP contribution in [0.1, 0.15) is 22.3 Å². The fourth-order valence-electron chi connectivity index (χ4n) is 8.63. The van der Waals surface area contributed by atoms with Gasteiger partial charge >= 0.3 is 0 Å². The first-order valence-electron chi connectivity index (χ1n) is 20.1. The van der Waals surface area contributed by atoms with Gasteiger partial charge in [-0.1, -0.05) is 213 Å². The van der Waals surface area contributed by atoms with Crippen LogP contribution in [0.4, 0.5) is 0 Å². The molecule has 9 rings (SSSR count). The highest BCUT2D eigenvalue weighted by atomic mass is 28.3. The lowest BCUT2D eigenvalue weighted by molar-refractivity contribution is 0.768. The fourth-order valence-corrected chi connectivity index (χ4v) is 11.0. The van der Waals surface area contributed by atoms with Gasteiger partial charge in [-0.3, -0.25) is 0 Å². The van der Waals surface area contributed by atoms with Gasteiger partial charge in [-0.2, -0.15) is 0 Å². The fraction of sp³-hybridized carbons (Fsp3) is 0.132. The van der Waals surface area contributed by atoms with Crippen LogP contribution < -0.4 is 10.4 Å². The Hall–Kier alpha value is -5.95. The second-order valence-corrected chi connectivity index (χ2v) is 27.6. The van der Waals surface area contributed by atoms with Gasteiger partial charge < -0.3 is 0 Å². The summed E-state index contributed by atoms with van der Waals surface area (Å²) in [5.41, 5.74) is 14.8. The van der Waals surface area contributed by atoms with E-state index in [0.29, 0.717) is 0 Å². The van der Waals surface area contributed by atoms with Crippen LogP contribution in [0.5, 0.6) is 0 Å². The van der Waals surface area contributed by atoms with Crippen molar-refractivity contribution in [2.24, 2.45) is 0 Å². The van der Waals surface area contributed by atoms with Crippen molar-refractivity contribution in [3.05, 3.63) is 204 Å². The van der Waals surface area contributed by atoms with Crippen molar-refractivity contribution in [2.45, 2.75) is 44.7 Å². The Morgan fingerprint density at radius 1 is 0.351 bits per heavy atom. The van der Waals surface area contributed by atoms with Crippen molar-refractivity contribution in [2.75, 3.05) is 0 Å². The van der Waals surface area contributed by atoms with E-state index in [4.69, 9.17) is 9.97 Å². The minimum Gasteiger partial charge on any atom is -0.228 e. The van der Waals surface area contributed by atoms with Gasteiger partial charge in [0.25, 0.3) is 0 Å². The normalized spacial score (nSPS) is 13.2. The number of fused-ring (bicyclic) bond motifs is 3. The lowest BCUT2D eigenvalue weighted by atomic mass is 9.67. The maximum absolute atomic E-state index is 5.32. The summed E-state index contributed by atoms with van der Waals surface area (Å²) in [5, 5.41) is 2.84. The number of hydrogen-bond acceptors (Lipinski definition) is 2. The maximum Gasteiger partial charge on any atom is 0.160 e. The number of rotatable bonds is 8. The van der Waals surface area contributed by atoms with Gasteiger partial charge in [0.2, 0.25) is 0 Å². The number of benzene rings is 7. The molecule has 1 aromatic heterocycles. The summed E-state index contributed by atoms with van der Waals surface area (Å²) in [7, 11) is -3.08. The molecule has 2 nitrogen and oxygen atoms in total. The minimum absolute atomic E-state index is 0.418. The molecule has 1 aliphatic carbocycles. The van der Waals surface area contributed by atoms with Crippen LogP contribution in [0.25, 0.3) is 56.2 Å². The molecule has 0 fully saturated rings. The van der Waals surface area contributed by atoms with E-state index in [1.165, 1.54) is 49.3 Å². The molecular weight excluding hydrogens is 721 g/mol. The van der Waals surface area contributed by atoms with Crippen LogP contribution in [0, 0.1) is 0 Å². The topological polar surface area (TPSA) is 25.8 Å². The second kappa shape index (κ2) is 14.2. The minimum atomic E-state index is -1.54. The standard InChI is InChI=1S/C53H48N2Si2/c1-56(2,3)44-26-16-19-39(33-44)50-36-51(40-20-17-27-45(34-40)57(4,5)6)55-52(54-50)41-21-15-18-37(32-41)38-30-31-49-47(35-38)46-28-13-14-29-48(46)53(49,42-22-9-7-10-23-42)43-24-11-8-12-25-43/h7-36H,1-6H3. The molecule has 278 valence electrons.